The van der Waals surface area contributed by atoms with E-state index in [0.29, 0.717) is 29.4 Å². The molecule has 0 radical (unpaired) electrons. The fourth-order valence-corrected chi connectivity index (χ4v) is 5.59. The number of hydrogen-bond acceptors (Lipinski definition) is 6. The molecule has 2 saturated carbocycles. The van der Waals surface area contributed by atoms with Crippen LogP contribution in [0, 0.1) is 29.3 Å². The molecule has 2 aliphatic carbocycles. The van der Waals surface area contributed by atoms with Crippen molar-refractivity contribution in [1.82, 2.24) is 19.4 Å². The van der Waals surface area contributed by atoms with Crippen LogP contribution >= 0.6 is 0 Å². The number of benzene rings is 1. The van der Waals surface area contributed by atoms with E-state index in [1.165, 1.54) is 16.8 Å². The summed E-state index contributed by atoms with van der Waals surface area (Å²) in [6, 6.07) is 2.46. The molecule has 2 heterocycles. The van der Waals surface area contributed by atoms with Gasteiger partial charge < -0.3 is 15.5 Å². The van der Waals surface area contributed by atoms with E-state index in [1.807, 2.05) is 6.92 Å². The number of aromatic nitrogens is 3. The Balaban J connectivity index is 1.49. The Morgan fingerprint density at radius 3 is 2.35 bits per heavy atom. The van der Waals surface area contributed by atoms with E-state index >= 15 is 13.2 Å². The maximum atomic E-state index is 15.3. The highest BCUT2D eigenvalue weighted by Crippen LogP contribution is 2.39. The number of halogens is 3. The van der Waals surface area contributed by atoms with Crippen molar-refractivity contribution in [2.24, 2.45) is 11.8 Å². The molecule has 11 heteroatoms. The van der Waals surface area contributed by atoms with Crippen LogP contribution in [0.1, 0.15) is 58.9 Å². The number of carbonyl (C=O) groups is 1. The van der Waals surface area contributed by atoms with Gasteiger partial charge in [0.1, 0.15) is 11.3 Å². The highest BCUT2D eigenvalue weighted by molar-refractivity contribution is 5.95. The van der Waals surface area contributed by atoms with E-state index in [0.717, 1.165) is 31.7 Å². The number of carbonyl (C=O) groups excluding carboxylic acids is 1. The second-order valence-corrected chi connectivity index (χ2v) is 11.6. The first-order valence-corrected chi connectivity index (χ1v) is 13.8. The van der Waals surface area contributed by atoms with Gasteiger partial charge in [0.2, 0.25) is 11.9 Å². The summed E-state index contributed by atoms with van der Waals surface area (Å²) in [5, 5.41) is 5.97. The fourth-order valence-electron chi connectivity index (χ4n) is 5.59. The summed E-state index contributed by atoms with van der Waals surface area (Å²) in [6.45, 7) is 5.40. The molecule has 0 spiro atoms. The molecule has 2 aliphatic rings. The van der Waals surface area contributed by atoms with Gasteiger partial charge in [-0.15, -0.1) is 0 Å². The monoisotopic (exact) mass is 556 g/mol. The molecular formula is C29H35F3N6O2. The lowest BCUT2D eigenvalue weighted by atomic mass is 9.91. The van der Waals surface area contributed by atoms with Gasteiger partial charge in [-0.3, -0.25) is 14.2 Å². The Kier molecular flexibility index (Phi) is 7.60. The maximum absolute atomic E-state index is 15.3. The quantitative estimate of drug-likeness (QED) is 0.382. The predicted octanol–water partition coefficient (Wildman–Crippen LogP) is 5.34. The van der Waals surface area contributed by atoms with Crippen LogP contribution in [0.25, 0.3) is 22.2 Å². The average molecular weight is 557 g/mol. The van der Waals surface area contributed by atoms with Gasteiger partial charge >= 0.3 is 0 Å². The van der Waals surface area contributed by atoms with Crippen molar-refractivity contribution in [2.45, 2.75) is 71.0 Å². The number of nitrogens with one attached hydrogen (secondary N) is 2. The van der Waals surface area contributed by atoms with Crippen molar-refractivity contribution in [3.63, 3.8) is 0 Å². The lowest BCUT2D eigenvalue weighted by Crippen LogP contribution is -2.36. The minimum atomic E-state index is -1.55. The minimum Gasteiger partial charge on any atom is -0.351 e. The average Bonchev–Trinajstić information content (AvgIpc) is 3.65. The molecule has 2 aromatic heterocycles. The summed E-state index contributed by atoms with van der Waals surface area (Å²) >= 11 is 0. The molecule has 3 aromatic rings. The summed E-state index contributed by atoms with van der Waals surface area (Å²) in [6.07, 6.45) is 6.17. The number of rotatable bonds is 7. The van der Waals surface area contributed by atoms with Crippen LogP contribution in [0.15, 0.2) is 23.1 Å². The second kappa shape index (κ2) is 10.8. The molecule has 0 aliphatic heterocycles. The van der Waals surface area contributed by atoms with E-state index < -0.39 is 40.2 Å². The zero-order valence-electron chi connectivity index (χ0n) is 23.4. The molecule has 0 bridgehead atoms. The normalized spacial score (nSPS) is 22.6. The Bertz CT molecular complexity index is 1510. The van der Waals surface area contributed by atoms with Gasteiger partial charge in [0, 0.05) is 41.2 Å². The van der Waals surface area contributed by atoms with E-state index in [2.05, 4.69) is 39.6 Å². The number of hydrogen-bond donors (Lipinski definition) is 2. The Morgan fingerprint density at radius 2 is 1.75 bits per heavy atom. The van der Waals surface area contributed by atoms with Gasteiger partial charge in [-0.1, -0.05) is 6.92 Å². The largest absolute Gasteiger partial charge is 0.351 e. The first-order valence-electron chi connectivity index (χ1n) is 13.8. The first kappa shape index (κ1) is 28.1. The van der Waals surface area contributed by atoms with Crippen molar-refractivity contribution in [2.75, 3.05) is 24.7 Å². The summed E-state index contributed by atoms with van der Waals surface area (Å²) in [4.78, 5) is 37.1. The molecule has 1 amide bonds. The van der Waals surface area contributed by atoms with E-state index in [4.69, 9.17) is 0 Å². The van der Waals surface area contributed by atoms with Gasteiger partial charge in [-0.25, -0.2) is 18.2 Å². The summed E-state index contributed by atoms with van der Waals surface area (Å²) in [5.74, 6) is -4.54. The third kappa shape index (κ3) is 5.31. The smallest absolute Gasteiger partial charge is 0.260 e. The molecule has 40 heavy (non-hydrogen) atoms. The first-order chi connectivity index (χ1) is 19.0. The van der Waals surface area contributed by atoms with Crippen molar-refractivity contribution in [1.29, 1.82) is 0 Å². The van der Waals surface area contributed by atoms with Gasteiger partial charge in [-0.05, 0) is 78.1 Å². The third-order valence-electron chi connectivity index (χ3n) is 8.19. The topological polar surface area (TPSA) is 92.1 Å². The third-order valence-corrected chi connectivity index (χ3v) is 8.19. The Morgan fingerprint density at radius 1 is 1.07 bits per heavy atom. The summed E-state index contributed by atoms with van der Waals surface area (Å²) < 4.78 is 46.7. The molecule has 2 atom stereocenters. The van der Waals surface area contributed by atoms with Crippen LogP contribution in [0.2, 0.25) is 0 Å². The number of pyridine rings is 1. The van der Waals surface area contributed by atoms with E-state index in [9.17, 15) is 9.59 Å². The van der Waals surface area contributed by atoms with Crippen LogP contribution in [0.4, 0.5) is 24.8 Å². The summed E-state index contributed by atoms with van der Waals surface area (Å²) in [7, 11) is 4.17. The molecule has 0 unspecified atom stereocenters. The second-order valence-electron chi connectivity index (χ2n) is 11.6. The SMILES string of the molecule is CC(C)n1c(=O)c(-c2cc(F)c(NC(=O)[C@H]3C[C@H]3C)c(F)c2F)cc2cnc(NC3CCC(N(C)C)CC3)nc21. The molecular weight excluding hydrogens is 521 g/mol. The van der Waals surface area contributed by atoms with E-state index in [1.54, 1.807) is 13.8 Å². The molecule has 0 saturated heterocycles. The van der Waals surface area contributed by atoms with E-state index in [-0.39, 0.29) is 29.5 Å². The zero-order valence-corrected chi connectivity index (χ0v) is 23.4. The van der Waals surface area contributed by atoms with Crippen LogP contribution in [-0.4, -0.2) is 51.5 Å². The predicted molar refractivity (Wildman–Crippen MR) is 149 cm³/mol. The summed E-state index contributed by atoms with van der Waals surface area (Å²) in [5.41, 5.74) is -1.91. The number of amides is 1. The highest BCUT2D eigenvalue weighted by atomic mass is 19.2. The Labute approximate surface area is 231 Å². The van der Waals surface area contributed by atoms with Gasteiger partial charge in [-0.2, -0.15) is 4.98 Å². The van der Waals surface area contributed by atoms with Crippen molar-refractivity contribution >= 4 is 28.6 Å². The van der Waals surface area contributed by atoms with Crippen LogP contribution in [-0.2, 0) is 4.79 Å². The number of fused-ring (bicyclic) bond motifs is 1. The van der Waals surface area contributed by atoms with Crippen LogP contribution in [0.5, 0.6) is 0 Å². The van der Waals surface area contributed by atoms with Gasteiger partial charge in [0.05, 0.1) is 5.56 Å². The lowest BCUT2D eigenvalue weighted by molar-refractivity contribution is -0.117. The van der Waals surface area contributed by atoms with Crippen LogP contribution < -0.4 is 16.2 Å². The number of nitrogens with zero attached hydrogens (tertiary/aromatic N) is 4. The number of anilines is 2. The fraction of sp³-hybridized carbons (Fsp3) is 0.517. The minimum absolute atomic E-state index is 0.110. The van der Waals surface area contributed by atoms with Crippen molar-refractivity contribution in [3.8, 4) is 11.1 Å². The van der Waals surface area contributed by atoms with Crippen LogP contribution in [0.3, 0.4) is 0 Å². The lowest BCUT2D eigenvalue weighted by Gasteiger charge is -2.33. The maximum Gasteiger partial charge on any atom is 0.260 e. The molecule has 5 rings (SSSR count). The highest BCUT2D eigenvalue weighted by Gasteiger charge is 2.40. The van der Waals surface area contributed by atoms with Crippen molar-refractivity contribution < 1.29 is 18.0 Å². The van der Waals surface area contributed by atoms with Crippen molar-refractivity contribution in [3.05, 3.63) is 46.1 Å². The Hall–Kier alpha value is -3.47. The zero-order chi connectivity index (χ0) is 28.9. The molecule has 8 nitrogen and oxygen atoms in total. The van der Waals surface area contributed by atoms with Gasteiger partial charge in [0.15, 0.2) is 17.5 Å². The molecule has 1 aromatic carbocycles. The standard InChI is InChI=1S/C29H35F3N6O2/c1-14(2)38-26-16(13-33-29(36-26)34-17-6-8-18(9-7-17)37(4)5)11-21(28(38)40)20-12-22(30)25(24(32)23(20)31)35-27(39)19-10-15(19)3/h11-15,17-19H,6-10H2,1-5H3,(H,35,39)(H,33,34,36)/t15-,17?,18?,19+/m1/s1. The van der Waals surface area contributed by atoms with Gasteiger partial charge in [0.25, 0.3) is 5.56 Å². The molecule has 2 fully saturated rings. The molecule has 2 N–H and O–H groups in total. The molecule has 214 valence electrons.